The first-order valence-corrected chi connectivity index (χ1v) is 6.68. The van der Waals surface area contributed by atoms with E-state index in [4.69, 9.17) is 21.1 Å². The Morgan fingerprint density at radius 2 is 2.16 bits per heavy atom. The molecule has 0 saturated carbocycles. The van der Waals surface area contributed by atoms with Crippen LogP contribution in [0.4, 0.5) is 4.39 Å². The van der Waals surface area contributed by atoms with Gasteiger partial charge in [-0.25, -0.2) is 4.39 Å². The SMILES string of the molecule is CCOC1(C(=O)c2cc(F)ccc2Cl)CCOCC1. The lowest BCUT2D eigenvalue weighted by molar-refractivity contribution is -0.0822. The Hall–Kier alpha value is -0.970. The predicted molar refractivity (Wildman–Crippen MR) is 70.2 cm³/mol. The van der Waals surface area contributed by atoms with Crippen LogP contribution >= 0.6 is 11.6 Å². The Bertz CT molecular complexity index is 464. The molecule has 2 rings (SSSR count). The van der Waals surface area contributed by atoms with Gasteiger partial charge >= 0.3 is 0 Å². The van der Waals surface area contributed by atoms with Crippen LogP contribution in [-0.4, -0.2) is 31.2 Å². The molecule has 0 amide bonds. The summed E-state index contributed by atoms with van der Waals surface area (Å²) in [6.45, 7) is 3.16. The zero-order valence-electron chi connectivity index (χ0n) is 10.7. The summed E-state index contributed by atoms with van der Waals surface area (Å²) in [6.07, 6.45) is 0.930. The summed E-state index contributed by atoms with van der Waals surface area (Å²) >= 11 is 6.00. The summed E-state index contributed by atoms with van der Waals surface area (Å²) in [7, 11) is 0. The Kier molecular flexibility index (Phi) is 4.55. The topological polar surface area (TPSA) is 35.5 Å². The van der Waals surface area contributed by atoms with E-state index in [0.717, 1.165) is 0 Å². The number of halogens is 2. The quantitative estimate of drug-likeness (QED) is 0.797. The maximum atomic E-state index is 13.3. The fraction of sp³-hybridized carbons (Fsp3) is 0.500. The Morgan fingerprint density at radius 1 is 1.47 bits per heavy atom. The molecule has 0 spiro atoms. The highest BCUT2D eigenvalue weighted by atomic mass is 35.5. The van der Waals surface area contributed by atoms with Gasteiger partial charge in [0.1, 0.15) is 11.4 Å². The van der Waals surface area contributed by atoms with E-state index >= 15 is 0 Å². The highest BCUT2D eigenvalue weighted by molar-refractivity contribution is 6.34. The number of hydrogen-bond acceptors (Lipinski definition) is 3. The van der Waals surface area contributed by atoms with E-state index in [9.17, 15) is 9.18 Å². The molecule has 0 unspecified atom stereocenters. The van der Waals surface area contributed by atoms with Crippen LogP contribution in [0.2, 0.25) is 5.02 Å². The number of ether oxygens (including phenoxy) is 2. The number of rotatable bonds is 4. The maximum Gasteiger partial charge on any atom is 0.196 e. The van der Waals surface area contributed by atoms with Crippen molar-refractivity contribution in [2.24, 2.45) is 0 Å². The molecule has 0 bridgehead atoms. The third-order valence-corrected chi connectivity index (χ3v) is 3.64. The number of benzene rings is 1. The lowest BCUT2D eigenvalue weighted by Crippen LogP contribution is -2.46. The normalized spacial score (nSPS) is 18.3. The molecular formula is C14H16ClFO3. The molecular weight excluding hydrogens is 271 g/mol. The second-order valence-corrected chi connectivity index (χ2v) is 4.90. The summed E-state index contributed by atoms with van der Waals surface area (Å²) in [6, 6.07) is 3.79. The molecule has 104 valence electrons. The van der Waals surface area contributed by atoms with Crippen molar-refractivity contribution in [3.8, 4) is 0 Å². The minimum atomic E-state index is -0.940. The van der Waals surface area contributed by atoms with E-state index in [1.807, 2.05) is 6.92 Å². The molecule has 1 heterocycles. The lowest BCUT2D eigenvalue weighted by atomic mass is 9.85. The van der Waals surface area contributed by atoms with Crippen molar-refractivity contribution >= 4 is 17.4 Å². The highest BCUT2D eigenvalue weighted by Gasteiger charge is 2.42. The lowest BCUT2D eigenvalue weighted by Gasteiger charge is -2.35. The van der Waals surface area contributed by atoms with Crippen molar-refractivity contribution in [1.82, 2.24) is 0 Å². The Balaban J connectivity index is 2.36. The predicted octanol–water partition coefficient (Wildman–Crippen LogP) is 3.25. The van der Waals surface area contributed by atoms with E-state index in [0.29, 0.717) is 32.7 Å². The molecule has 1 aromatic carbocycles. The molecule has 1 aliphatic rings. The first-order valence-electron chi connectivity index (χ1n) is 6.30. The maximum absolute atomic E-state index is 13.3. The Labute approximate surface area is 116 Å². The second kappa shape index (κ2) is 5.99. The fourth-order valence-electron chi connectivity index (χ4n) is 2.33. The second-order valence-electron chi connectivity index (χ2n) is 4.49. The zero-order valence-corrected chi connectivity index (χ0v) is 11.5. The number of carbonyl (C=O) groups is 1. The van der Waals surface area contributed by atoms with Crippen LogP contribution < -0.4 is 0 Å². The first kappa shape index (κ1) is 14.4. The van der Waals surface area contributed by atoms with Crippen LogP contribution in [0.1, 0.15) is 30.1 Å². The Morgan fingerprint density at radius 3 is 2.79 bits per heavy atom. The highest BCUT2D eigenvalue weighted by Crippen LogP contribution is 2.32. The molecule has 5 heteroatoms. The molecule has 0 aliphatic carbocycles. The van der Waals surface area contributed by atoms with Gasteiger partial charge in [-0.2, -0.15) is 0 Å². The average Bonchev–Trinajstić information content (AvgIpc) is 2.42. The van der Waals surface area contributed by atoms with Crippen molar-refractivity contribution in [2.75, 3.05) is 19.8 Å². The van der Waals surface area contributed by atoms with Crippen LogP contribution in [0.3, 0.4) is 0 Å². The molecule has 1 aliphatic heterocycles. The molecule has 1 fully saturated rings. The summed E-state index contributed by atoms with van der Waals surface area (Å²) < 4.78 is 24.3. The van der Waals surface area contributed by atoms with Gasteiger partial charge in [-0.1, -0.05) is 11.6 Å². The summed E-state index contributed by atoms with van der Waals surface area (Å²) in [5, 5.41) is 0.247. The number of carbonyl (C=O) groups excluding carboxylic acids is 1. The van der Waals surface area contributed by atoms with Crippen LogP contribution in [0.15, 0.2) is 18.2 Å². The number of ketones is 1. The minimum Gasteiger partial charge on any atom is -0.381 e. The zero-order chi connectivity index (χ0) is 13.9. The third kappa shape index (κ3) is 2.96. The van der Waals surface area contributed by atoms with Crippen LogP contribution in [0.5, 0.6) is 0 Å². The van der Waals surface area contributed by atoms with E-state index in [1.165, 1.54) is 18.2 Å². The summed E-state index contributed by atoms with van der Waals surface area (Å²) in [4.78, 5) is 12.7. The van der Waals surface area contributed by atoms with Crippen LogP contribution in [0, 0.1) is 5.82 Å². The van der Waals surface area contributed by atoms with Gasteiger partial charge in [0, 0.05) is 38.2 Å². The van der Waals surface area contributed by atoms with Crippen LogP contribution in [0.25, 0.3) is 0 Å². The first-order chi connectivity index (χ1) is 9.09. The summed E-state index contributed by atoms with van der Waals surface area (Å²) in [5.41, 5.74) is -0.762. The molecule has 0 radical (unpaired) electrons. The molecule has 0 atom stereocenters. The monoisotopic (exact) mass is 286 g/mol. The minimum absolute atomic E-state index is 0.178. The van der Waals surface area contributed by atoms with Gasteiger partial charge in [-0.15, -0.1) is 0 Å². The largest absolute Gasteiger partial charge is 0.381 e. The van der Waals surface area contributed by atoms with E-state index in [-0.39, 0.29) is 16.4 Å². The van der Waals surface area contributed by atoms with Crippen molar-refractivity contribution in [1.29, 1.82) is 0 Å². The smallest absolute Gasteiger partial charge is 0.196 e. The molecule has 3 nitrogen and oxygen atoms in total. The van der Waals surface area contributed by atoms with Crippen molar-refractivity contribution in [3.05, 3.63) is 34.6 Å². The van der Waals surface area contributed by atoms with E-state index < -0.39 is 11.4 Å². The van der Waals surface area contributed by atoms with Gasteiger partial charge in [0.2, 0.25) is 0 Å². The van der Waals surface area contributed by atoms with Gasteiger partial charge in [0.05, 0.1) is 5.02 Å². The standard InChI is InChI=1S/C14H16ClFO3/c1-2-19-14(5-7-18-8-6-14)13(17)11-9-10(16)3-4-12(11)15/h3-4,9H,2,5-8H2,1H3. The molecule has 0 aromatic heterocycles. The van der Waals surface area contributed by atoms with Crippen LogP contribution in [-0.2, 0) is 9.47 Å². The number of Topliss-reactive ketones (excluding diaryl/α,β-unsaturated/α-hetero) is 1. The molecule has 0 N–H and O–H groups in total. The van der Waals surface area contributed by atoms with E-state index in [1.54, 1.807) is 0 Å². The molecule has 1 saturated heterocycles. The van der Waals surface area contributed by atoms with Gasteiger partial charge < -0.3 is 9.47 Å². The van der Waals surface area contributed by atoms with Gasteiger partial charge in [0.25, 0.3) is 0 Å². The average molecular weight is 287 g/mol. The summed E-state index contributed by atoms with van der Waals surface area (Å²) in [5.74, 6) is -0.742. The van der Waals surface area contributed by atoms with Gasteiger partial charge in [0.15, 0.2) is 5.78 Å². The van der Waals surface area contributed by atoms with Gasteiger partial charge in [-0.3, -0.25) is 4.79 Å². The molecule has 1 aromatic rings. The van der Waals surface area contributed by atoms with Crippen molar-refractivity contribution in [3.63, 3.8) is 0 Å². The molecule has 19 heavy (non-hydrogen) atoms. The fourth-order valence-corrected chi connectivity index (χ4v) is 2.53. The number of hydrogen-bond donors (Lipinski definition) is 0. The third-order valence-electron chi connectivity index (χ3n) is 3.31. The van der Waals surface area contributed by atoms with E-state index in [2.05, 4.69) is 0 Å². The van der Waals surface area contributed by atoms with Crippen molar-refractivity contribution < 1.29 is 18.7 Å². The van der Waals surface area contributed by atoms with Gasteiger partial charge in [-0.05, 0) is 25.1 Å². The van der Waals surface area contributed by atoms with Crippen molar-refractivity contribution in [2.45, 2.75) is 25.4 Å².